The first-order valence-electron chi connectivity index (χ1n) is 7.89. The van der Waals surface area contributed by atoms with Crippen molar-refractivity contribution in [2.24, 2.45) is 11.7 Å². The zero-order valence-corrected chi connectivity index (χ0v) is 13.0. The highest BCUT2D eigenvalue weighted by atomic mass is 16.1. The van der Waals surface area contributed by atoms with Crippen molar-refractivity contribution in [3.8, 4) is 0 Å². The topological polar surface area (TPSA) is 49.6 Å². The Morgan fingerprint density at radius 2 is 1.90 bits per heavy atom. The molecule has 2 fully saturated rings. The van der Waals surface area contributed by atoms with Gasteiger partial charge in [-0.2, -0.15) is 0 Å². The van der Waals surface area contributed by atoms with Crippen molar-refractivity contribution in [2.45, 2.75) is 25.8 Å². The molecule has 0 spiro atoms. The van der Waals surface area contributed by atoms with Gasteiger partial charge < -0.3 is 10.6 Å². The van der Waals surface area contributed by atoms with Gasteiger partial charge in [0, 0.05) is 37.8 Å². The molecule has 1 aliphatic heterocycles. The highest BCUT2D eigenvalue weighted by molar-refractivity contribution is 5.93. The lowest BCUT2D eigenvalue weighted by atomic mass is 9.93. The van der Waals surface area contributed by atoms with Gasteiger partial charge >= 0.3 is 0 Å². The molecule has 1 heterocycles. The second-order valence-electron chi connectivity index (χ2n) is 6.56. The highest BCUT2D eigenvalue weighted by Gasteiger charge is 2.38. The van der Waals surface area contributed by atoms with Gasteiger partial charge in [0.05, 0.1) is 0 Å². The Balaban J connectivity index is 1.90. The fourth-order valence-electron chi connectivity index (χ4n) is 3.37. The molecule has 0 aromatic heterocycles. The first-order valence-corrected chi connectivity index (χ1v) is 7.89. The van der Waals surface area contributed by atoms with E-state index in [0.717, 1.165) is 32.1 Å². The van der Waals surface area contributed by atoms with Crippen LogP contribution in [-0.4, -0.2) is 48.9 Å². The third kappa shape index (κ3) is 3.11. The van der Waals surface area contributed by atoms with E-state index in [1.54, 1.807) is 0 Å². The molecular weight excluding hydrogens is 262 g/mol. The van der Waals surface area contributed by atoms with Crippen LogP contribution in [0, 0.1) is 12.8 Å². The Hall–Kier alpha value is -1.39. The molecule has 1 atom stereocenters. The minimum atomic E-state index is -0.329. The van der Waals surface area contributed by atoms with Crippen molar-refractivity contribution >= 4 is 5.91 Å². The van der Waals surface area contributed by atoms with Crippen LogP contribution in [0.1, 0.15) is 40.4 Å². The summed E-state index contributed by atoms with van der Waals surface area (Å²) in [6.45, 7) is 6.61. The lowest BCUT2D eigenvalue weighted by Gasteiger charge is -2.39. The van der Waals surface area contributed by atoms with Crippen LogP contribution < -0.4 is 5.73 Å². The fraction of sp³-hybridized carbons (Fsp3) is 0.588. The molecule has 1 unspecified atom stereocenters. The minimum Gasteiger partial charge on any atom is -0.366 e. The van der Waals surface area contributed by atoms with Gasteiger partial charge in [0.1, 0.15) is 0 Å². The predicted molar refractivity (Wildman–Crippen MR) is 84.2 cm³/mol. The molecule has 1 aromatic carbocycles. The first kappa shape index (κ1) is 14.5. The number of primary amides is 1. The summed E-state index contributed by atoms with van der Waals surface area (Å²) in [6, 6.07) is 6.37. The van der Waals surface area contributed by atoms with E-state index in [1.165, 1.54) is 24.0 Å². The lowest BCUT2D eigenvalue weighted by molar-refractivity contribution is 0.0985. The monoisotopic (exact) mass is 287 g/mol. The zero-order chi connectivity index (χ0) is 15.0. The zero-order valence-electron chi connectivity index (χ0n) is 13.0. The summed E-state index contributed by atoms with van der Waals surface area (Å²) in [7, 11) is 2.18. The molecule has 4 nitrogen and oxygen atoms in total. The molecule has 1 amide bonds. The van der Waals surface area contributed by atoms with Gasteiger partial charge in [-0.05, 0) is 56.0 Å². The lowest BCUT2D eigenvalue weighted by Crippen LogP contribution is -2.46. The molecule has 114 valence electrons. The Bertz CT molecular complexity index is 531. The van der Waals surface area contributed by atoms with Crippen LogP contribution in [0.3, 0.4) is 0 Å². The van der Waals surface area contributed by atoms with E-state index in [0.29, 0.717) is 11.6 Å². The van der Waals surface area contributed by atoms with E-state index in [1.807, 2.05) is 18.2 Å². The summed E-state index contributed by atoms with van der Waals surface area (Å²) < 4.78 is 0. The first-order chi connectivity index (χ1) is 10.1. The van der Waals surface area contributed by atoms with Crippen LogP contribution in [0.25, 0.3) is 0 Å². The number of rotatable bonds is 4. The van der Waals surface area contributed by atoms with Crippen LogP contribution in [0.2, 0.25) is 0 Å². The fourth-order valence-corrected chi connectivity index (χ4v) is 3.37. The third-order valence-electron chi connectivity index (χ3n) is 4.88. The molecule has 0 bridgehead atoms. The van der Waals surface area contributed by atoms with E-state index in [-0.39, 0.29) is 5.91 Å². The number of benzene rings is 1. The van der Waals surface area contributed by atoms with Crippen LogP contribution >= 0.6 is 0 Å². The predicted octanol–water partition coefficient (Wildman–Crippen LogP) is 1.79. The number of carbonyl (C=O) groups excluding carboxylic acids is 1. The Kier molecular flexibility index (Phi) is 4.00. The largest absolute Gasteiger partial charge is 0.366 e. The maximum Gasteiger partial charge on any atom is 0.248 e. The Morgan fingerprint density at radius 1 is 1.24 bits per heavy atom. The molecule has 21 heavy (non-hydrogen) atoms. The number of carbonyl (C=O) groups is 1. The normalized spacial score (nSPS) is 22.2. The summed E-state index contributed by atoms with van der Waals surface area (Å²) in [5.41, 5.74) is 8.67. The van der Waals surface area contributed by atoms with Crippen LogP contribution in [0.4, 0.5) is 0 Å². The number of hydrogen-bond acceptors (Lipinski definition) is 3. The minimum absolute atomic E-state index is 0.329. The SMILES string of the molecule is Cc1ccc(C(N)=O)cc1C(C1CC1)N1CCN(C)CC1. The third-order valence-corrected chi connectivity index (χ3v) is 4.88. The second-order valence-corrected chi connectivity index (χ2v) is 6.56. The summed E-state index contributed by atoms with van der Waals surface area (Å²) in [4.78, 5) is 16.5. The summed E-state index contributed by atoms with van der Waals surface area (Å²) in [5.74, 6) is 0.416. The van der Waals surface area contributed by atoms with Crippen molar-refractivity contribution in [1.29, 1.82) is 0 Å². The number of hydrogen-bond donors (Lipinski definition) is 1. The average molecular weight is 287 g/mol. The molecular formula is C17H25N3O. The molecule has 1 saturated heterocycles. The molecule has 1 saturated carbocycles. The highest BCUT2D eigenvalue weighted by Crippen LogP contribution is 2.45. The number of likely N-dealkylation sites (N-methyl/N-ethyl adjacent to an activating group) is 1. The van der Waals surface area contributed by atoms with E-state index in [9.17, 15) is 4.79 Å². The number of nitrogens with two attached hydrogens (primary N) is 1. The number of nitrogens with zero attached hydrogens (tertiary/aromatic N) is 2. The number of amides is 1. The standard InChI is InChI=1S/C17H25N3O/c1-12-3-4-14(17(18)21)11-15(12)16(13-5-6-13)20-9-7-19(2)8-10-20/h3-4,11,13,16H,5-10H2,1-2H3,(H2,18,21). The van der Waals surface area contributed by atoms with Crippen molar-refractivity contribution < 1.29 is 4.79 Å². The van der Waals surface area contributed by atoms with Gasteiger partial charge in [0.15, 0.2) is 0 Å². The van der Waals surface area contributed by atoms with Crippen molar-refractivity contribution in [3.63, 3.8) is 0 Å². The van der Waals surface area contributed by atoms with Gasteiger partial charge in [-0.1, -0.05) is 6.07 Å². The van der Waals surface area contributed by atoms with Gasteiger partial charge in [-0.3, -0.25) is 9.69 Å². The quantitative estimate of drug-likeness (QED) is 0.918. The summed E-state index contributed by atoms with van der Waals surface area (Å²) in [5, 5.41) is 0. The molecule has 1 aliphatic carbocycles. The van der Waals surface area contributed by atoms with E-state index >= 15 is 0 Å². The molecule has 1 aromatic rings. The van der Waals surface area contributed by atoms with Gasteiger partial charge in [0.2, 0.25) is 5.91 Å². The molecule has 3 rings (SSSR count). The Labute approximate surface area is 126 Å². The van der Waals surface area contributed by atoms with Crippen molar-refractivity contribution in [1.82, 2.24) is 9.80 Å². The van der Waals surface area contributed by atoms with E-state index in [2.05, 4.69) is 23.8 Å². The maximum atomic E-state index is 11.5. The Morgan fingerprint density at radius 3 is 2.48 bits per heavy atom. The van der Waals surface area contributed by atoms with Crippen LogP contribution in [0.15, 0.2) is 18.2 Å². The molecule has 2 N–H and O–H groups in total. The van der Waals surface area contributed by atoms with Gasteiger partial charge in [-0.25, -0.2) is 0 Å². The van der Waals surface area contributed by atoms with Gasteiger partial charge in [-0.15, -0.1) is 0 Å². The van der Waals surface area contributed by atoms with Crippen LogP contribution in [0.5, 0.6) is 0 Å². The molecule has 4 heteroatoms. The van der Waals surface area contributed by atoms with E-state index in [4.69, 9.17) is 5.73 Å². The number of aryl methyl sites for hydroxylation is 1. The van der Waals surface area contributed by atoms with Crippen molar-refractivity contribution in [3.05, 3.63) is 34.9 Å². The summed E-state index contributed by atoms with van der Waals surface area (Å²) in [6.07, 6.45) is 2.61. The second kappa shape index (κ2) is 5.78. The average Bonchev–Trinajstić information content (AvgIpc) is 3.27. The van der Waals surface area contributed by atoms with Gasteiger partial charge in [0.25, 0.3) is 0 Å². The maximum absolute atomic E-state index is 11.5. The van der Waals surface area contributed by atoms with Crippen LogP contribution in [-0.2, 0) is 0 Å². The number of piperazine rings is 1. The van der Waals surface area contributed by atoms with E-state index < -0.39 is 0 Å². The molecule has 2 aliphatic rings. The summed E-state index contributed by atoms with van der Waals surface area (Å²) >= 11 is 0. The molecule has 0 radical (unpaired) electrons. The smallest absolute Gasteiger partial charge is 0.248 e. The van der Waals surface area contributed by atoms with Crippen molar-refractivity contribution in [2.75, 3.05) is 33.2 Å².